The number of ether oxygens (including phenoxy) is 1. The summed E-state index contributed by atoms with van der Waals surface area (Å²) in [6.45, 7) is 5.54. The Bertz CT molecular complexity index is 352. The first-order valence-corrected chi connectivity index (χ1v) is 5.83. The third-order valence-corrected chi connectivity index (χ3v) is 3.04. The van der Waals surface area contributed by atoms with Gasteiger partial charge in [-0.05, 0) is 34.1 Å². The van der Waals surface area contributed by atoms with E-state index >= 15 is 0 Å². The average molecular weight is 263 g/mol. The molecule has 0 bridgehead atoms. The largest absolute Gasteiger partial charge is 0.444 e. The van der Waals surface area contributed by atoms with Gasteiger partial charge in [0.1, 0.15) is 11.9 Å². The van der Waals surface area contributed by atoms with Crippen molar-refractivity contribution in [1.82, 2.24) is 4.90 Å². The molecule has 0 saturated carbocycles. The van der Waals surface area contributed by atoms with Crippen molar-refractivity contribution < 1.29 is 23.1 Å². The second-order valence-electron chi connectivity index (χ2n) is 5.89. The molecule has 0 spiro atoms. The highest BCUT2D eigenvalue weighted by Crippen LogP contribution is 2.42. The van der Waals surface area contributed by atoms with Gasteiger partial charge in [-0.15, -0.1) is 0 Å². The molecular weight excluding hydrogens is 244 g/mol. The number of alkyl halides is 2. The number of carbonyl (C=O) groups excluding carboxylic acids is 2. The molecule has 18 heavy (non-hydrogen) atoms. The number of carbonyl (C=O) groups is 2. The minimum atomic E-state index is -3.23. The summed E-state index contributed by atoms with van der Waals surface area (Å²) in [7, 11) is 0. The number of likely N-dealkylation sites (tertiary alicyclic amines) is 1. The highest BCUT2D eigenvalue weighted by Gasteiger charge is 2.55. The zero-order valence-corrected chi connectivity index (χ0v) is 11.1. The molecule has 0 aliphatic carbocycles. The lowest BCUT2D eigenvalue weighted by Crippen LogP contribution is -2.57. The first-order valence-electron chi connectivity index (χ1n) is 5.83. The average Bonchev–Trinajstić information content (AvgIpc) is 2.19. The molecule has 1 atom stereocenters. The lowest BCUT2D eigenvalue weighted by atomic mass is 9.78. The van der Waals surface area contributed by atoms with Crippen molar-refractivity contribution in [2.75, 3.05) is 13.1 Å². The molecule has 1 rings (SSSR count). The lowest BCUT2D eigenvalue weighted by molar-refractivity contribution is -0.164. The predicted molar refractivity (Wildman–Crippen MR) is 61.5 cm³/mol. The standard InChI is InChI=1S/C12H19F2NO3/c1-10(2,3)18-9(17)15-6-5-11(4,8-16)12(13,14)7-15/h8H,5-7H2,1-4H3. The molecule has 1 aliphatic heterocycles. The van der Waals surface area contributed by atoms with Gasteiger partial charge in [-0.1, -0.05) is 0 Å². The van der Waals surface area contributed by atoms with E-state index in [2.05, 4.69) is 0 Å². The van der Waals surface area contributed by atoms with Gasteiger partial charge in [0.15, 0.2) is 0 Å². The van der Waals surface area contributed by atoms with Gasteiger partial charge in [-0.2, -0.15) is 0 Å². The Morgan fingerprint density at radius 2 is 1.94 bits per heavy atom. The number of rotatable bonds is 1. The van der Waals surface area contributed by atoms with Crippen molar-refractivity contribution in [2.45, 2.75) is 45.6 Å². The Hall–Kier alpha value is -1.20. The quantitative estimate of drug-likeness (QED) is 0.683. The van der Waals surface area contributed by atoms with Crippen LogP contribution in [0.3, 0.4) is 0 Å². The minimum absolute atomic E-state index is 0.0667. The molecule has 1 saturated heterocycles. The van der Waals surface area contributed by atoms with Gasteiger partial charge in [-0.3, -0.25) is 0 Å². The maximum absolute atomic E-state index is 13.8. The zero-order chi connectivity index (χ0) is 14.2. The molecular formula is C12H19F2NO3. The second kappa shape index (κ2) is 4.48. The summed E-state index contributed by atoms with van der Waals surface area (Å²) >= 11 is 0. The lowest BCUT2D eigenvalue weighted by Gasteiger charge is -2.42. The number of piperidine rings is 1. The maximum atomic E-state index is 13.8. The van der Waals surface area contributed by atoms with Gasteiger partial charge in [0.05, 0.1) is 12.0 Å². The van der Waals surface area contributed by atoms with Crippen LogP contribution in [0.5, 0.6) is 0 Å². The summed E-state index contributed by atoms with van der Waals surface area (Å²) in [6, 6.07) is 0. The van der Waals surface area contributed by atoms with Crippen LogP contribution in [-0.2, 0) is 9.53 Å². The number of halogens is 2. The summed E-state index contributed by atoms with van der Waals surface area (Å²) in [5.41, 5.74) is -2.43. The van der Waals surface area contributed by atoms with Gasteiger partial charge in [0.25, 0.3) is 5.92 Å². The molecule has 0 aromatic rings. The fourth-order valence-electron chi connectivity index (χ4n) is 1.68. The summed E-state index contributed by atoms with van der Waals surface area (Å²) in [4.78, 5) is 23.4. The third kappa shape index (κ3) is 2.97. The van der Waals surface area contributed by atoms with Crippen molar-refractivity contribution in [2.24, 2.45) is 5.41 Å². The molecule has 4 nitrogen and oxygen atoms in total. The molecule has 0 N–H and O–H groups in total. The van der Waals surface area contributed by atoms with Gasteiger partial charge in [-0.25, -0.2) is 13.6 Å². The molecule has 1 amide bonds. The van der Waals surface area contributed by atoms with E-state index in [0.717, 1.165) is 4.90 Å². The van der Waals surface area contributed by atoms with E-state index in [1.54, 1.807) is 20.8 Å². The van der Waals surface area contributed by atoms with Crippen molar-refractivity contribution in [3.05, 3.63) is 0 Å². The highest BCUT2D eigenvalue weighted by atomic mass is 19.3. The molecule has 104 valence electrons. The minimum Gasteiger partial charge on any atom is -0.444 e. The van der Waals surface area contributed by atoms with Crippen LogP contribution in [0.4, 0.5) is 13.6 Å². The molecule has 1 heterocycles. The monoisotopic (exact) mass is 263 g/mol. The summed E-state index contributed by atoms with van der Waals surface area (Å²) in [5.74, 6) is -3.23. The van der Waals surface area contributed by atoms with Gasteiger partial charge >= 0.3 is 6.09 Å². The van der Waals surface area contributed by atoms with Crippen LogP contribution >= 0.6 is 0 Å². The van der Waals surface area contributed by atoms with Gasteiger partial charge in [0, 0.05) is 6.54 Å². The normalized spacial score (nSPS) is 27.8. The zero-order valence-electron chi connectivity index (χ0n) is 11.1. The molecule has 1 unspecified atom stereocenters. The Balaban J connectivity index is 2.76. The number of hydrogen-bond acceptors (Lipinski definition) is 3. The van der Waals surface area contributed by atoms with Crippen LogP contribution in [0.2, 0.25) is 0 Å². The molecule has 0 aromatic heterocycles. The second-order valence-corrected chi connectivity index (χ2v) is 5.89. The first-order chi connectivity index (χ1) is 8.01. The Kier molecular flexibility index (Phi) is 3.70. The molecule has 1 aliphatic rings. The summed E-state index contributed by atoms with van der Waals surface area (Å²) in [6.07, 6.45) is -0.558. The van der Waals surface area contributed by atoms with Crippen LogP contribution in [0.1, 0.15) is 34.1 Å². The third-order valence-electron chi connectivity index (χ3n) is 3.04. The van der Waals surface area contributed by atoms with Gasteiger partial charge < -0.3 is 14.4 Å². The molecule has 0 radical (unpaired) electrons. The molecule has 0 aromatic carbocycles. The van der Waals surface area contributed by atoms with E-state index in [9.17, 15) is 18.4 Å². The predicted octanol–water partition coefficient (Wildman–Crippen LogP) is 2.47. The summed E-state index contributed by atoms with van der Waals surface area (Å²) < 4.78 is 32.7. The van der Waals surface area contributed by atoms with E-state index in [4.69, 9.17) is 4.74 Å². The van der Waals surface area contributed by atoms with Crippen molar-refractivity contribution >= 4 is 12.4 Å². The van der Waals surface area contributed by atoms with Crippen LogP contribution in [0.25, 0.3) is 0 Å². The Morgan fingerprint density at radius 3 is 2.33 bits per heavy atom. The van der Waals surface area contributed by atoms with Crippen molar-refractivity contribution in [3.8, 4) is 0 Å². The van der Waals surface area contributed by atoms with E-state index in [-0.39, 0.29) is 19.3 Å². The van der Waals surface area contributed by atoms with Gasteiger partial charge in [0.2, 0.25) is 0 Å². The van der Waals surface area contributed by atoms with E-state index < -0.39 is 29.6 Å². The number of aldehydes is 1. The Labute approximate surface area is 105 Å². The van der Waals surface area contributed by atoms with Crippen molar-refractivity contribution in [1.29, 1.82) is 0 Å². The van der Waals surface area contributed by atoms with Crippen LogP contribution < -0.4 is 0 Å². The number of hydrogen-bond donors (Lipinski definition) is 0. The Morgan fingerprint density at radius 1 is 1.39 bits per heavy atom. The fraction of sp³-hybridized carbons (Fsp3) is 0.833. The summed E-state index contributed by atoms with van der Waals surface area (Å²) in [5, 5.41) is 0. The van der Waals surface area contributed by atoms with E-state index in [1.165, 1.54) is 6.92 Å². The highest BCUT2D eigenvalue weighted by molar-refractivity contribution is 5.69. The number of nitrogens with zero attached hydrogens (tertiary/aromatic N) is 1. The smallest absolute Gasteiger partial charge is 0.410 e. The van der Waals surface area contributed by atoms with Crippen LogP contribution in [0.15, 0.2) is 0 Å². The molecule has 1 fully saturated rings. The maximum Gasteiger partial charge on any atom is 0.410 e. The van der Waals surface area contributed by atoms with Crippen molar-refractivity contribution in [3.63, 3.8) is 0 Å². The van der Waals surface area contributed by atoms with E-state index in [1.807, 2.05) is 0 Å². The van der Waals surface area contributed by atoms with Crippen LogP contribution in [0, 0.1) is 5.41 Å². The SMILES string of the molecule is CC(C)(C)OC(=O)N1CCC(C)(C=O)C(F)(F)C1. The fourth-order valence-corrected chi connectivity index (χ4v) is 1.68. The molecule has 6 heteroatoms. The topological polar surface area (TPSA) is 46.6 Å². The van der Waals surface area contributed by atoms with E-state index in [0.29, 0.717) is 0 Å². The number of amides is 1. The van der Waals surface area contributed by atoms with Crippen LogP contribution in [-0.4, -0.2) is 41.9 Å². The first kappa shape index (κ1) is 14.9.